The van der Waals surface area contributed by atoms with Crippen molar-refractivity contribution < 1.29 is 8.83 Å². The second-order valence-electron chi connectivity index (χ2n) is 17.2. The Labute approximate surface area is 384 Å². The van der Waals surface area contributed by atoms with Gasteiger partial charge in [-0.05, 0) is 76.9 Å². The van der Waals surface area contributed by atoms with E-state index in [9.17, 15) is 0 Å². The minimum Gasteiger partial charge on any atom is -0.456 e. The highest BCUT2D eigenvalue weighted by Gasteiger charge is 2.20. The van der Waals surface area contributed by atoms with E-state index in [0.29, 0.717) is 5.82 Å². The fraction of sp³-hybridized carbons (Fsp3) is 0. The molecular weight excluding hydrogens is 819 g/mol. The van der Waals surface area contributed by atoms with E-state index in [2.05, 4.69) is 205 Å². The van der Waals surface area contributed by atoms with Gasteiger partial charge >= 0.3 is 0 Å². The van der Waals surface area contributed by atoms with Gasteiger partial charge in [-0.15, -0.1) is 0 Å². The van der Waals surface area contributed by atoms with Gasteiger partial charge in [-0.1, -0.05) is 170 Å². The summed E-state index contributed by atoms with van der Waals surface area (Å²) in [5.74, 6) is 0.646. The third-order valence-corrected chi connectivity index (χ3v) is 13.4. The van der Waals surface area contributed by atoms with E-state index in [4.69, 9.17) is 18.8 Å². The molecule has 0 saturated heterocycles. The highest BCUT2D eigenvalue weighted by atomic mass is 16.3. The summed E-state index contributed by atoms with van der Waals surface area (Å²) in [5.41, 5.74) is 17.1. The topological polar surface area (TPSA) is 57.0 Å². The van der Waals surface area contributed by atoms with Gasteiger partial charge in [0.05, 0.1) is 22.2 Å². The summed E-state index contributed by atoms with van der Waals surface area (Å²) in [6.07, 6.45) is 0. The maximum Gasteiger partial charge on any atom is 0.161 e. The maximum atomic E-state index is 6.77. The number of fused-ring (bicyclic) bond motifs is 10. The molecule has 0 unspecified atom stereocenters. The third kappa shape index (κ3) is 5.88. The van der Waals surface area contributed by atoms with Crippen LogP contribution in [0.3, 0.4) is 0 Å². The number of hydrogen-bond donors (Lipinski definition) is 0. The predicted molar refractivity (Wildman–Crippen MR) is 276 cm³/mol. The van der Waals surface area contributed by atoms with E-state index in [1.807, 2.05) is 24.3 Å². The first-order chi connectivity index (χ1) is 33.2. The highest BCUT2D eigenvalue weighted by Crippen LogP contribution is 2.43. The molecule has 5 heteroatoms. The van der Waals surface area contributed by atoms with Crippen LogP contribution in [0.1, 0.15) is 0 Å². The largest absolute Gasteiger partial charge is 0.456 e. The molecule has 0 spiro atoms. The van der Waals surface area contributed by atoms with Crippen molar-refractivity contribution in [2.45, 2.75) is 0 Å². The van der Waals surface area contributed by atoms with Gasteiger partial charge in [0.25, 0.3) is 0 Å². The zero-order valence-corrected chi connectivity index (χ0v) is 36.0. The van der Waals surface area contributed by atoms with E-state index in [1.54, 1.807) is 0 Å². The van der Waals surface area contributed by atoms with Crippen LogP contribution in [0.4, 0.5) is 0 Å². The summed E-state index contributed by atoms with van der Waals surface area (Å²) in [6.45, 7) is 0. The fourth-order valence-corrected chi connectivity index (χ4v) is 10.3. The second-order valence-corrected chi connectivity index (χ2v) is 17.2. The van der Waals surface area contributed by atoms with Crippen molar-refractivity contribution in [3.63, 3.8) is 0 Å². The molecule has 0 aliphatic carbocycles. The molecule has 0 atom stereocenters. The fourth-order valence-electron chi connectivity index (χ4n) is 10.3. The molecule has 14 rings (SSSR count). The zero-order chi connectivity index (χ0) is 44.0. The lowest BCUT2D eigenvalue weighted by Crippen LogP contribution is -1.95. The van der Waals surface area contributed by atoms with Crippen LogP contribution in [0.15, 0.2) is 233 Å². The van der Waals surface area contributed by atoms with Gasteiger partial charge in [-0.2, -0.15) is 0 Å². The first-order valence-corrected chi connectivity index (χ1v) is 22.6. The van der Waals surface area contributed by atoms with Crippen LogP contribution >= 0.6 is 0 Å². The Bertz CT molecular complexity index is 4260. The van der Waals surface area contributed by atoms with Gasteiger partial charge in [0.2, 0.25) is 0 Å². The molecule has 4 heterocycles. The molecule has 0 fully saturated rings. The van der Waals surface area contributed by atoms with E-state index in [0.717, 1.165) is 111 Å². The summed E-state index contributed by atoms with van der Waals surface area (Å²) in [5, 5.41) is 7.64. The average molecular weight is 856 g/mol. The van der Waals surface area contributed by atoms with Crippen LogP contribution in [0.25, 0.3) is 138 Å². The molecule has 4 aromatic heterocycles. The first-order valence-electron chi connectivity index (χ1n) is 22.6. The van der Waals surface area contributed by atoms with Crippen molar-refractivity contribution in [3.8, 4) is 61.7 Å². The average Bonchev–Trinajstić information content (AvgIpc) is 4.08. The van der Waals surface area contributed by atoms with Crippen LogP contribution in [0, 0.1) is 0 Å². The molecule has 14 aromatic rings. The highest BCUT2D eigenvalue weighted by molar-refractivity contribution is 6.15. The van der Waals surface area contributed by atoms with Crippen LogP contribution < -0.4 is 0 Å². The Hall–Kier alpha value is -9.06. The summed E-state index contributed by atoms with van der Waals surface area (Å²) >= 11 is 0. The van der Waals surface area contributed by atoms with Gasteiger partial charge in [-0.3, -0.25) is 0 Å². The van der Waals surface area contributed by atoms with Gasteiger partial charge in [0.15, 0.2) is 5.82 Å². The smallest absolute Gasteiger partial charge is 0.161 e. The predicted octanol–water partition coefficient (Wildman–Crippen LogP) is 16.9. The SMILES string of the molecule is c1ccc(-c2cccc3c2oc2c(-c4ccc(-c5nc(-c6cccc7oc8ccc(-c9ccc%10c(c9)c9ccccc9n%10-c9ccccc9)cc8c67)nc6ccccc56)cc4)cccc23)cc1. The van der Waals surface area contributed by atoms with Crippen molar-refractivity contribution in [1.29, 1.82) is 0 Å². The number of rotatable bonds is 6. The molecule has 0 radical (unpaired) electrons. The van der Waals surface area contributed by atoms with E-state index in [-0.39, 0.29) is 0 Å². The quantitative estimate of drug-likeness (QED) is 0.167. The molecule has 0 bridgehead atoms. The van der Waals surface area contributed by atoms with Gasteiger partial charge < -0.3 is 13.4 Å². The molecule has 0 saturated carbocycles. The van der Waals surface area contributed by atoms with Crippen molar-refractivity contribution in [1.82, 2.24) is 14.5 Å². The maximum absolute atomic E-state index is 6.77. The van der Waals surface area contributed by atoms with Crippen molar-refractivity contribution in [2.24, 2.45) is 0 Å². The standard InChI is InChI=1S/C62H37N3O2/c1-3-14-38(15-4-1)44-20-11-22-47-48-23-12-21-45(61(48)67-60(44)47)39-28-30-40(31-29-39)59-49-19-7-9-25-53(49)63-62(64-59)50-24-13-27-57-58(50)52-37-42(33-35-56(52)66-57)41-32-34-55-51(36-41)46-18-8-10-26-54(46)65(55)43-16-5-2-6-17-43/h1-37H. The Balaban J connectivity index is 0.876. The lowest BCUT2D eigenvalue weighted by Gasteiger charge is -2.11. The molecule has 0 amide bonds. The van der Waals surface area contributed by atoms with Crippen LogP contribution in [-0.4, -0.2) is 14.5 Å². The van der Waals surface area contributed by atoms with Crippen molar-refractivity contribution in [2.75, 3.05) is 0 Å². The molecule has 5 nitrogen and oxygen atoms in total. The van der Waals surface area contributed by atoms with Gasteiger partial charge in [0, 0.05) is 65.6 Å². The Morgan fingerprint density at radius 2 is 0.896 bits per heavy atom. The number of nitrogens with zero attached hydrogens (tertiary/aromatic N) is 3. The first kappa shape index (κ1) is 37.3. The number of hydrogen-bond acceptors (Lipinski definition) is 4. The molecular formula is C62H37N3O2. The van der Waals surface area contributed by atoms with E-state index >= 15 is 0 Å². The normalized spacial score (nSPS) is 11.9. The van der Waals surface area contributed by atoms with Crippen molar-refractivity contribution in [3.05, 3.63) is 224 Å². The summed E-state index contributed by atoms with van der Waals surface area (Å²) in [4.78, 5) is 10.6. The lowest BCUT2D eigenvalue weighted by molar-refractivity contribution is 0.669. The third-order valence-electron chi connectivity index (χ3n) is 13.4. The van der Waals surface area contributed by atoms with E-state index < -0.39 is 0 Å². The number of aromatic nitrogens is 3. The zero-order valence-electron chi connectivity index (χ0n) is 36.0. The number of furan rings is 2. The lowest BCUT2D eigenvalue weighted by atomic mass is 9.98. The number of benzene rings is 10. The summed E-state index contributed by atoms with van der Waals surface area (Å²) in [7, 11) is 0. The second kappa shape index (κ2) is 14.7. The minimum absolute atomic E-state index is 0.646. The summed E-state index contributed by atoms with van der Waals surface area (Å²) in [6, 6.07) is 78.9. The molecule has 0 aliphatic rings. The molecule has 0 aliphatic heterocycles. The molecule has 67 heavy (non-hydrogen) atoms. The summed E-state index contributed by atoms with van der Waals surface area (Å²) < 4.78 is 15.7. The van der Waals surface area contributed by atoms with Crippen LogP contribution in [0.5, 0.6) is 0 Å². The van der Waals surface area contributed by atoms with Gasteiger partial charge in [0.1, 0.15) is 22.3 Å². The number of para-hydroxylation sites is 5. The Kier molecular flexibility index (Phi) is 8.21. The van der Waals surface area contributed by atoms with Gasteiger partial charge in [-0.25, -0.2) is 9.97 Å². The molecule has 312 valence electrons. The Morgan fingerprint density at radius 1 is 0.328 bits per heavy atom. The molecule has 0 N–H and O–H groups in total. The molecule has 10 aromatic carbocycles. The Morgan fingerprint density at radius 3 is 1.67 bits per heavy atom. The monoisotopic (exact) mass is 855 g/mol. The minimum atomic E-state index is 0.646. The van der Waals surface area contributed by atoms with Crippen LogP contribution in [0.2, 0.25) is 0 Å². The van der Waals surface area contributed by atoms with Crippen LogP contribution in [-0.2, 0) is 0 Å². The van der Waals surface area contributed by atoms with Crippen molar-refractivity contribution >= 4 is 76.6 Å². The van der Waals surface area contributed by atoms with E-state index in [1.165, 1.54) is 21.8 Å².